The molecule has 0 bridgehead atoms. The lowest BCUT2D eigenvalue weighted by Gasteiger charge is -2.05. The molecule has 8 heteroatoms. The summed E-state index contributed by atoms with van der Waals surface area (Å²) in [6.45, 7) is 1.91. The lowest BCUT2D eigenvalue weighted by atomic mass is 10.2. The van der Waals surface area contributed by atoms with Crippen LogP contribution in [0.15, 0.2) is 70.0 Å². The highest BCUT2D eigenvalue weighted by Crippen LogP contribution is 2.35. The summed E-state index contributed by atoms with van der Waals surface area (Å²) in [5, 5.41) is 12.4. The molecule has 4 rings (SSSR count). The summed E-state index contributed by atoms with van der Waals surface area (Å²) in [5.74, 6) is 0.376. The van der Waals surface area contributed by atoms with Crippen LogP contribution in [0.25, 0.3) is 10.9 Å². The Bertz CT molecular complexity index is 1110. The van der Waals surface area contributed by atoms with Crippen LogP contribution in [0.2, 0.25) is 0 Å². The van der Waals surface area contributed by atoms with Crippen LogP contribution in [0.4, 0.5) is 5.13 Å². The number of amides is 1. The molecule has 4 aromatic rings. The van der Waals surface area contributed by atoms with Gasteiger partial charge < -0.3 is 4.74 Å². The molecule has 6 nitrogen and oxygen atoms in total. The quantitative estimate of drug-likeness (QED) is 0.471. The summed E-state index contributed by atoms with van der Waals surface area (Å²) < 4.78 is 6.22. The van der Waals surface area contributed by atoms with Gasteiger partial charge in [-0.15, -0.1) is 10.2 Å². The molecule has 0 fully saturated rings. The number of pyridine rings is 1. The topological polar surface area (TPSA) is 77.0 Å². The zero-order valence-corrected chi connectivity index (χ0v) is 16.6. The van der Waals surface area contributed by atoms with Crippen LogP contribution in [0.1, 0.15) is 5.56 Å². The largest absolute Gasteiger partial charge is 0.484 e. The van der Waals surface area contributed by atoms with E-state index in [1.54, 1.807) is 6.20 Å². The van der Waals surface area contributed by atoms with Gasteiger partial charge in [-0.05, 0) is 31.2 Å². The Morgan fingerprint density at radius 2 is 1.93 bits per heavy atom. The predicted octanol–water partition coefficient (Wildman–Crippen LogP) is 4.56. The van der Waals surface area contributed by atoms with Gasteiger partial charge in [0.2, 0.25) is 5.13 Å². The molecule has 0 saturated heterocycles. The summed E-state index contributed by atoms with van der Waals surface area (Å²) in [4.78, 5) is 17.5. The van der Waals surface area contributed by atoms with Gasteiger partial charge in [0.1, 0.15) is 5.75 Å². The van der Waals surface area contributed by atoms with Gasteiger partial charge in [-0.1, -0.05) is 59.0 Å². The highest BCUT2D eigenvalue weighted by Gasteiger charge is 2.11. The third kappa shape index (κ3) is 4.47. The number of rotatable bonds is 6. The molecule has 2 heterocycles. The molecule has 0 aliphatic heterocycles. The number of anilines is 1. The van der Waals surface area contributed by atoms with E-state index in [4.69, 9.17) is 4.74 Å². The van der Waals surface area contributed by atoms with Gasteiger partial charge >= 0.3 is 0 Å². The number of nitrogens with zero attached hydrogens (tertiary/aromatic N) is 3. The Balaban J connectivity index is 1.37. The van der Waals surface area contributed by atoms with Crippen molar-refractivity contribution in [1.82, 2.24) is 15.2 Å². The highest BCUT2D eigenvalue weighted by atomic mass is 32.2. The van der Waals surface area contributed by atoms with Crippen LogP contribution in [0.3, 0.4) is 0 Å². The Morgan fingerprint density at radius 3 is 2.79 bits per heavy atom. The summed E-state index contributed by atoms with van der Waals surface area (Å²) in [6.07, 6.45) is 1.77. The minimum atomic E-state index is -0.275. The van der Waals surface area contributed by atoms with Crippen LogP contribution in [0.5, 0.6) is 5.75 Å². The molecule has 0 saturated carbocycles. The van der Waals surface area contributed by atoms with E-state index in [0.717, 1.165) is 25.7 Å². The van der Waals surface area contributed by atoms with E-state index in [2.05, 4.69) is 20.5 Å². The van der Waals surface area contributed by atoms with E-state index in [1.807, 2.05) is 61.5 Å². The van der Waals surface area contributed by atoms with Crippen molar-refractivity contribution in [2.24, 2.45) is 0 Å². The van der Waals surface area contributed by atoms with Crippen LogP contribution < -0.4 is 10.1 Å². The summed E-state index contributed by atoms with van der Waals surface area (Å²) >= 11 is 2.82. The fourth-order valence-electron chi connectivity index (χ4n) is 2.49. The molecule has 0 unspecified atom stereocenters. The second-order valence-electron chi connectivity index (χ2n) is 5.95. The fraction of sp³-hybridized carbons (Fsp3) is 0.100. The smallest absolute Gasteiger partial charge is 0.264 e. The van der Waals surface area contributed by atoms with Crippen LogP contribution in [0, 0.1) is 6.92 Å². The first kappa shape index (κ1) is 18.4. The predicted molar refractivity (Wildman–Crippen MR) is 111 cm³/mol. The summed E-state index contributed by atoms with van der Waals surface area (Å²) in [5.41, 5.74) is 2.07. The first-order valence-electron chi connectivity index (χ1n) is 8.52. The van der Waals surface area contributed by atoms with Crippen molar-refractivity contribution >= 4 is 45.0 Å². The van der Waals surface area contributed by atoms with Gasteiger partial charge in [0.05, 0.1) is 5.52 Å². The minimum Gasteiger partial charge on any atom is -0.484 e. The molecule has 1 N–H and O–H groups in total. The zero-order valence-electron chi connectivity index (χ0n) is 15.0. The Hall–Kier alpha value is -2.97. The monoisotopic (exact) mass is 408 g/mol. The van der Waals surface area contributed by atoms with Gasteiger partial charge in [0.25, 0.3) is 5.91 Å². The number of hydrogen-bond acceptors (Lipinski definition) is 7. The first-order valence-corrected chi connectivity index (χ1v) is 10.1. The molecule has 2 aromatic heterocycles. The average molecular weight is 409 g/mol. The zero-order chi connectivity index (χ0) is 19.3. The maximum atomic E-state index is 12.1. The minimum absolute atomic E-state index is 0.0832. The van der Waals surface area contributed by atoms with Crippen molar-refractivity contribution in [1.29, 1.82) is 0 Å². The normalized spacial score (nSPS) is 10.8. The molecule has 0 radical (unpaired) electrons. The van der Waals surface area contributed by atoms with Crippen LogP contribution >= 0.6 is 23.1 Å². The second kappa shape index (κ2) is 8.37. The fourth-order valence-corrected chi connectivity index (χ4v) is 4.34. The maximum absolute atomic E-state index is 12.1. The van der Waals surface area contributed by atoms with Crippen LogP contribution in [-0.4, -0.2) is 27.7 Å². The van der Waals surface area contributed by atoms with Crippen molar-refractivity contribution in [3.05, 3.63) is 66.4 Å². The third-order valence-corrected chi connectivity index (χ3v) is 5.82. The number of para-hydroxylation sites is 1. The number of carbonyl (C=O) groups is 1. The van der Waals surface area contributed by atoms with Gasteiger partial charge in [0.15, 0.2) is 10.9 Å². The van der Waals surface area contributed by atoms with Crippen molar-refractivity contribution < 1.29 is 9.53 Å². The molecule has 0 aliphatic rings. The number of fused-ring (bicyclic) bond motifs is 1. The average Bonchev–Trinajstić information content (AvgIpc) is 3.14. The number of carbonyl (C=O) groups excluding carboxylic acids is 1. The number of ether oxygens (including phenoxy) is 1. The number of nitrogens with one attached hydrogen (secondary N) is 1. The number of aryl methyl sites for hydroxylation is 1. The third-order valence-electron chi connectivity index (χ3n) is 3.85. The number of hydrogen-bond donors (Lipinski definition) is 1. The van der Waals surface area contributed by atoms with E-state index in [1.165, 1.54) is 23.1 Å². The molecular formula is C20H16N4O2S2. The maximum Gasteiger partial charge on any atom is 0.264 e. The van der Waals surface area contributed by atoms with Crippen molar-refractivity contribution in [2.75, 3.05) is 11.9 Å². The Kier molecular flexibility index (Phi) is 5.50. The summed E-state index contributed by atoms with van der Waals surface area (Å²) in [7, 11) is 0. The van der Waals surface area contributed by atoms with Crippen molar-refractivity contribution in [3.8, 4) is 5.75 Å². The Morgan fingerprint density at radius 1 is 1.11 bits per heavy atom. The Labute approximate surface area is 170 Å². The number of benzene rings is 2. The molecule has 28 heavy (non-hydrogen) atoms. The van der Waals surface area contributed by atoms with Gasteiger partial charge in [0, 0.05) is 16.5 Å². The lowest BCUT2D eigenvalue weighted by Crippen LogP contribution is -2.20. The first-order chi connectivity index (χ1) is 13.7. The van der Waals surface area contributed by atoms with Crippen molar-refractivity contribution in [2.45, 2.75) is 16.2 Å². The summed E-state index contributed by atoms with van der Waals surface area (Å²) in [6, 6.07) is 17.4. The highest BCUT2D eigenvalue weighted by molar-refractivity contribution is 8.01. The van der Waals surface area contributed by atoms with Gasteiger partial charge in [-0.2, -0.15) is 0 Å². The standard InChI is InChI=1S/C20H16N4O2S2/c1-13-6-8-14(9-7-13)26-12-18(25)22-19-23-24-20(28-19)27-17-10-11-21-16-5-3-2-4-15(16)17/h2-11H,12H2,1H3,(H,22,23,25). The SMILES string of the molecule is Cc1ccc(OCC(=O)Nc2nnc(Sc3ccnc4ccccc34)s2)cc1. The molecule has 1 amide bonds. The van der Waals surface area contributed by atoms with E-state index < -0.39 is 0 Å². The van der Waals surface area contributed by atoms with Crippen LogP contribution in [-0.2, 0) is 4.79 Å². The number of aromatic nitrogens is 3. The molecule has 2 aromatic carbocycles. The second-order valence-corrected chi connectivity index (χ2v) is 8.22. The molecular weight excluding hydrogens is 392 g/mol. The van der Waals surface area contributed by atoms with E-state index in [-0.39, 0.29) is 12.5 Å². The molecule has 0 atom stereocenters. The molecule has 0 aliphatic carbocycles. The van der Waals surface area contributed by atoms with E-state index in [0.29, 0.717) is 10.9 Å². The molecule has 140 valence electrons. The van der Waals surface area contributed by atoms with Crippen molar-refractivity contribution in [3.63, 3.8) is 0 Å². The van der Waals surface area contributed by atoms with E-state index >= 15 is 0 Å². The van der Waals surface area contributed by atoms with Gasteiger partial charge in [-0.25, -0.2) is 0 Å². The lowest BCUT2D eigenvalue weighted by molar-refractivity contribution is -0.118. The van der Waals surface area contributed by atoms with E-state index in [9.17, 15) is 4.79 Å². The van der Waals surface area contributed by atoms with Gasteiger partial charge in [-0.3, -0.25) is 15.1 Å². The molecule has 0 spiro atoms.